The van der Waals surface area contributed by atoms with E-state index >= 15 is 0 Å². The minimum atomic E-state index is -4.01. The van der Waals surface area contributed by atoms with E-state index in [4.69, 9.17) is 11.6 Å². The van der Waals surface area contributed by atoms with Crippen molar-refractivity contribution in [3.8, 4) is 0 Å². The highest BCUT2D eigenvalue weighted by atomic mass is 35.5. The number of carbonyl (C=O) groups excluding carboxylic acids is 1. The Hall–Kier alpha value is -4.15. The Morgan fingerprint density at radius 2 is 1.71 bits per heavy atom. The lowest BCUT2D eigenvalue weighted by Crippen LogP contribution is -2.47. The van der Waals surface area contributed by atoms with Crippen LogP contribution in [0.2, 0.25) is 5.02 Å². The van der Waals surface area contributed by atoms with Crippen LogP contribution in [0.3, 0.4) is 0 Å². The molecule has 2 atom stereocenters. The Labute approximate surface area is 247 Å². The van der Waals surface area contributed by atoms with Crippen LogP contribution >= 0.6 is 11.6 Å². The Bertz CT molecular complexity index is 1810. The number of aromatic nitrogens is 1. The van der Waals surface area contributed by atoms with Gasteiger partial charge in [0.2, 0.25) is 0 Å². The third-order valence-electron chi connectivity index (χ3n) is 7.81. The van der Waals surface area contributed by atoms with Crippen LogP contribution in [0.1, 0.15) is 34.0 Å². The summed E-state index contributed by atoms with van der Waals surface area (Å²) in [7, 11) is -4.01. The number of hydrogen-bond donors (Lipinski definition) is 2. The van der Waals surface area contributed by atoms with Crippen molar-refractivity contribution >= 4 is 38.9 Å². The quantitative estimate of drug-likeness (QED) is 0.309. The molecule has 2 N–H and O–H groups in total. The fraction of sp³-hybridized carbons (Fsp3) is 0.226. The van der Waals surface area contributed by atoms with Crippen LogP contribution in [0, 0.1) is 11.7 Å². The maximum atomic E-state index is 13.4. The van der Waals surface area contributed by atoms with Crippen LogP contribution in [0.25, 0.3) is 0 Å². The van der Waals surface area contributed by atoms with Gasteiger partial charge in [-0.3, -0.25) is 14.3 Å². The molecule has 1 aromatic heterocycles. The molecule has 8 nitrogen and oxygen atoms in total. The van der Waals surface area contributed by atoms with Gasteiger partial charge in [-0.25, -0.2) is 12.8 Å². The molecule has 0 radical (unpaired) electrons. The Kier molecular flexibility index (Phi) is 7.51. The van der Waals surface area contributed by atoms with Gasteiger partial charge in [-0.2, -0.15) is 0 Å². The lowest BCUT2D eigenvalue weighted by atomic mass is 9.83. The molecule has 1 fully saturated rings. The third kappa shape index (κ3) is 5.77. The van der Waals surface area contributed by atoms with Gasteiger partial charge in [-0.05, 0) is 78.6 Å². The van der Waals surface area contributed by atoms with E-state index in [-0.39, 0.29) is 45.9 Å². The summed E-state index contributed by atoms with van der Waals surface area (Å²) in [5.74, 6) is -0.459. The normalized spacial score (nSPS) is 17.8. The molecule has 0 unspecified atom stereocenters. The van der Waals surface area contributed by atoms with E-state index in [1.807, 2.05) is 10.6 Å². The van der Waals surface area contributed by atoms with Gasteiger partial charge in [-0.1, -0.05) is 29.8 Å². The number of hydrogen-bond acceptors (Lipinski definition) is 5. The Balaban J connectivity index is 1.32. The average molecular weight is 607 g/mol. The van der Waals surface area contributed by atoms with Gasteiger partial charge in [0, 0.05) is 54.4 Å². The number of anilines is 2. The Morgan fingerprint density at radius 3 is 2.48 bits per heavy atom. The highest BCUT2D eigenvalue weighted by molar-refractivity contribution is 7.92. The number of sulfonamides is 1. The van der Waals surface area contributed by atoms with Crippen molar-refractivity contribution in [1.82, 2.24) is 9.88 Å². The number of nitrogens with zero attached hydrogens (tertiary/aromatic N) is 2. The maximum absolute atomic E-state index is 13.4. The predicted molar refractivity (Wildman–Crippen MR) is 160 cm³/mol. The number of rotatable bonds is 7. The zero-order valence-corrected chi connectivity index (χ0v) is 24.0. The van der Waals surface area contributed by atoms with Crippen molar-refractivity contribution < 1.29 is 17.6 Å². The highest BCUT2D eigenvalue weighted by Gasteiger charge is 2.35. The van der Waals surface area contributed by atoms with E-state index in [0.717, 1.165) is 17.7 Å². The first kappa shape index (κ1) is 28.0. The smallest absolute Gasteiger partial charge is 0.261 e. The molecule has 0 saturated carbocycles. The fourth-order valence-electron chi connectivity index (χ4n) is 5.83. The Morgan fingerprint density at radius 1 is 0.952 bits per heavy atom. The zero-order valence-electron chi connectivity index (χ0n) is 22.5. The number of fused-ring (bicyclic) bond motifs is 4. The van der Waals surface area contributed by atoms with E-state index in [1.165, 1.54) is 42.5 Å². The van der Waals surface area contributed by atoms with E-state index in [2.05, 4.69) is 14.9 Å². The second-order valence-corrected chi connectivity index (χ2v) is 12.8. The third-order valence-corrected chi connectivity index (χ3v) is 9.45. The molecule has 11 heteroatoms. The first-order chi connectivity index (χ1) is 20.2. The van der Waals surface area contributed by atoms with Crippen molar-refractivity contribution in [3.05, 3.63) is 123 Å². The molecule has 0 spiro atoms. The molecule has 42 heavy (non-hydrogen) atoms. The van der Waals surface area contributed by atoms with Crippen LogP contribution in [-0.2, 0) is 23.1 Å². The molecular formula is C31H28ClFN4O4S. The number of carbonyl (C=O) groups is 1. The summed E-state index contributed by atoms with van der Waals surface area (Å²) in [5, 5.41) is 3.22. The van der Waals surface area contributed by atoms with Gasteiger partial charge in [-0.15, -0.1) is 0 Å². The summed E-state index contributed by atoms with van der Waals surface area (Å²) < 4.78 is 44.6. The van der Waals surface area contributed by atoms with Crippen molar-refractivity contribution in [2.24, 2.45) is 5.92 Å². The van der Waals surface area contributed by atoms with Crippen molar-refractivity contribution in [3.63, 3.8) is 0 Å². The summed E-state index contributed by atoms with van der Waals surface area (Å²) in [6.07, 6.45) is 0.940. The molecule has 2 aliphatic rings. The molecular weight excluding hydrogens is 579 g/mol. The first-order valence-electron chi connectivity index (χ1n) is 13.6. The van der Waals surface area contributed by atoms with Crippen molar-refractivity contribution in [1.29, 1.82) is 0 Å². The minimum Gasteiger partial charge on any atom is -0.369 e. The SMILES string of the molecule is O=C(NCc1ccc(F)cc1)c1ccc(N2C[C@H]3C[C@@H](C2)c2cccc(=O)n2C3)c(NS(=O)(=O)c2ccc(Cl)cc2)c1. The summed E-state index contributed by atoms with van der Waals surface area (Å²) in [5.41, 5.74) is 2.87. The summed E-state index contributed by atoms with van der Waals surface area (Å²) in [6.45, 7) is 1.99. The number of pyridine rings is 1. The molecule has 3 aromatic carbocycles. The monoisotopic (exact) mass is 606 g/mol. The zero-order chi connectivity index (χ0) is 29.4. The number of benzene rings is 3. The van der Waals surface area contributed by atoms with E-state index in [9.17, 15) is 22.4 Å². The largest absolute Gasteiger partial charge is 0.369 e. The van der Waals surface area contributed by atoms with Gasteiger partial charge >= 0.3 is 0 Å². The van der Waals surface area contributed by atoms with E-state index in [1.54, 1.807) is 36.4 Å². The highest BCUT2D eigenvalue weighted by Crippen LogP contribution is 2.39. The molecule has 216 valence electrons. The average Bonchev–Trinajstić information content (AvgIpc) is 2.97. The molecule has 2 aliphatic heterocycles. The first-order valence-corrected chi connectivity index (χ1v) is 15.4. The standard InChI is InChI=1S/C31H28ClFN4O4S/c32-24-7-11-26(12-8-24)42(40,41)35-27-15-22(31(39)34-16-20-4-9-25(33)10-5-20)6-13-29(27)36-17-21-14-23(19-36)28-2-1-3-30(38)37(28)18-21/h1-13,15,21,23,35H,14,16-19H2,(H,34,39)/t21-,23+/m1/s1. The number of nitrogens with one attached hydrogen (secondary N) is 2. The van der Waals surface area contributed by atoms with E-state index in [0.29, 0.717) is 30.3 Å². The van der Waals surface area contributed by atoms with Crippen molar-refractivity contribution in [2.75, 3.05) is 22.7 Å². The lowest BCUT2D eigenvalue weighted by Gasteiger charge is -2.44. The molecule has 2 bridgehead atoms. The van der Waals surface area contributed by atoms with Crippen LogP contribution in [0.5, 0.6) is 0 Å². The lowest BCUT2D eigenvalue weighted by molar-refractivity contribution is 0.0951. The molecule has 3 heterocycles. The minimum absolute atomic E-state index is 0.0110. The number of piperidine rings is 1. The molecule has 4 aromatic rings. The van der Waals surface area contributed by atoms with Gasteiger partial charge in [0.05, 0.1) is 16.3 Å². The maximum Gasteiger partial charge on any atom is 0.261 e. The van der Waals surface area contributed by atoms with Crippen molar-refractivity contribution in [2.45, 2.75) is 30.3 Å². The summed E-state index contributed by atoms with van der Waals surface area (Å²) >= 11 is 5.97. The van der Waals surface area contributed by atoms with E-state index < -0.39 is 15.9 Å². The van der Waals surface area contributed by atoms with Gasteiger partial charge < -0.3 is 14.8 Å². The van der Waals surface area contributed by atoms with Gasteiger partial charge in [0.25, 0.3) is 21.5 Å². The molecule has 1 saturated heterocycles. The molecule has 0 aliphatic carbocycles. The van der Waals surface area contributed by atoms with Crippen LogP contribution < -0.4 is 20.5 Å². The second-order valence-electron chi connectivity index (χ2n) is 10.7. The fourth-order valence-corrected chi connectivity index (χ4v) is 7.02. The van der Waals surface area contributed by atoms with Gasteiger partial charge in [0.15, 0.2) is 0 Å². The summed E-state index contributed by atoms with van der Waals surface area (Å²) in [6, 6.07) is 21.9. The predicted octanol–water partition coefficient (Wildman–Crippen LogP) is 5.00. The number of amides is 1. The topological polar surface area (TPSA) is 101 Å². The van der Waals surface area contributed by atoms with Crippen LogP contribution in [-0.4, -0.2) is 32.0 Å². The summed E-state index contributed by atoms with van der Waals surface area (Å²) in [4.78, 5) is 27.7. The molecule has 1 amide bonds. The second kappa shape index (κ2) is 11.3. The van der Waals surface area contributed by atoms with Crippen LogP contribution in [0.4, 0.5) is 15.8 Å². The van der Waals surface area contributed by atoms with Crippen LogP contribution in [0.15, 0.2) is 94.6 Å². The number of halogens is 2. The van der Waals surface area contributed by atoms with Gasteiger partial charge in [0.1, 0.15) is 5.82 Å². The molecule has 6 rings (SSSR count).